The molecule has 0 saturated heterocycles. The van der Waals surface area contributed by atoms with Crippen LogP contribution in [0.25, 0.3) is 21.6 Å². The molecule has 0 bridgehead atoms. The van der Waals surface area contributed by atoms with Crippen molar-refractivity contribution in [2.75, 3.05) is 5.01 Å². The van der Waals surface area contributed by atoms with Crippen LogP contribution in [0, 0.1) is 0 Å². The number of fused-ring (bicyclic) bond motifs is 1. The van der Waals surface area contributed by atoms with Gasteiger partial charge in [0.1, 0.15) is 11.2 Å². The van der Waals surface area contributed by atoms with Crippen LogP contribution in [0.15, 0.2) is 66.0 Å². The van der Waals surface area contributed by atoms with Crippen LogP contribution in [0.1, 0.15) is 47.1 Å². The van der Waals surface area contributed by atoms with Crippen molar-refractivity contribution in [3.8, 4) is 10.6 Å². The number of hydrogen-bond donors (Lipinski definition) is 1. The Labute approximate surface area is 220 Å². The number of thiophene rings is 1. The number of nitrogens with one attached hydrogen (secondary N) is 1. The topological polar surface area (TPSA) is 85.7 Å². The van der Waals surface area contributed by atoms with E-state index in [9.17, 15) is 9.59 Å². The molecule has 9 heteroatoms. The molecule has 0 spiro atoms. The van der Waals surface area contributed by atoms with Gasteiger partial charge in [0, 0.05) is 6.54 Å². The quantitative estimate of drug-likeness (QED) is 0.293. The number of ether oxygens (including phenoxy) is 2. The van der Waals surface area contributed by atoms with E-state index >= 15 is 0 Å². The van der Waals surface area contributed by atoms with Gasteiger partial charge in [-0.25, -0.2) is 20.0 Å². The highest BCUT2D eigenvalue weighted by molar-refractivity contribution is 7.13. The summed E-state index contributed by atoms with van der Waals surface area (Å²) in [5.41, 5.74) is 4.72. The predicted molar refractivity (Wildman–Crippen MR) is 147 cm³/mol. The summed E-state index contributed by atoms with van der Waals surface area (Å²) in [5.74, 6) is 0.210. The fraction of sp³-hybridized carbons (Fsp3) is 0.321. The van der Waals surface area contributed by atoms with E-state index in [0.29, 0.717) is 12.1 Å². The molecule has 0 fully saturated rings. The van der Waals surface area contributed by atoms with Gasteiger partial charge in [-0.2, -0.15) is 5.01 Å². The molecule has 1 N–H and O–H groups in total. The van der Waals surface area contributed by atoms with Gasteiger partial charge in [0.15, 0.2) is 5.82 Å². The van der Waals surface area contributed by atoms with Crippen molar-refractivity contribution in [3.05, 3.63) is 71.6 Å². The average molecular weight is 521 g/mol. The molecule has 4 aromatic rings. The van der Waals surface area contributed by atoms with E-state index in [1.165, 1.54) is 0 Å². The second-order valence-corrected chi connectivity index (χ2v) is 11.5. The smallest absolute Gasteiger partial charge is 0.435 e. The second-order valence-electron chi connectivity index (χ2n) is 10.6. The van der Waals surface area contributed by atoms with Crippen LogP contribution in [0.3, 0.4) is 0 Å². The number of aromatic nitrogens is 2. The molecule has 3 aromatic heterocycles. The molecule has 37 heavy (non-hydrogen) atoms. The Balaban J connectivity index is 1.76. The predicted octanol–water partition coefficient (Wildman–Crippen LogP) is 6.99. The molecule has 0 aliphatic rings. The molecule has 1 aromatic carbocycles. The Kier molecular flexibility index (Phi) is 7.27. The third-order valence-electron chi connectivity index (χ3n) is 5.11. The van der Waals surface area contributed by atoms with Gasteiger partial charge in [0.2, 0.25) is 0 Å². The van der Waals surface area contributed by atoms with Crippen LogP contribution >= 0.6 is 11.3 Å². The molecule has 2 amide bonds. The minimum absolute atomic E-state index is 0.210. The molecule has 3 heterocycles. The summed E-state index contributed by atoms with van der Waals surface area (Å²) in [7, 11) is 0. The van der Waals surface area contributed by atoms with Crippen molar-refractivity contribution in [1.29, 1.82) is 0 Å². The zero-order chi connectivity index (χ0) is 26.8. The molecule has 4 rings (SSSR count). The lowest BCUT2D eigenvalue weighted by Gasteiger charge is -2.28. The van der Waals surface area contributed by atoms with E-state index in [1.807, 2.05) is 41.8 Å². The maximum atomic E-state index is 13.1. The first-order chi connectivity index (χ1) is 17.4. The number of anilines is 1. The molecule has 0 atom stereocenters. The molecular formula is C28H32N4O4S. The SMILES string of the molecule is CC(C)(C)OC(=O)NN(C(=O)OC(C)(C)C)c1ccc2c(cc(-c3cccs3)n2Cc2ccccc2)n1. The summed E-state index contributed by atoms with van der Waals surface area (Å²) in [5, 5.41) is 3.02. The van der Waals surface area contributed by atoms with Crippen LogP contribution in [0.2, 0.25) is 0 Å². The van der Waals surface area contributed by atoms with E-state index in [-0.39, 0.29) is 5.82 Å². The van der Waals surface area contributed by atoms with Crippen molar-refractivity contribution in [2.24, 2.45) is 0 Å². The zero-order valence-electron chi connectivity index (χ0n) is 21.9. The summed E-state index contributed by atoms with van der Waals surface area (Å²) >= 11 is 1.64. The molecular weight excluding hydrogens is 488 g/mol. The number of hydrazine groups is 1. The first kappa shape index (κ1) is 26.2. The molecule has 8 nitrogen and oxygen atoms in total. The Bertz CT molecular complexity index is 1380. The Hall–Kier alpha value is -3.85. The molecule has 0 aliphatic heterocycles. The molecule has 194 valence electrons. The van der Waals surface area contributed by atoms with Crippen LogP contribution in [0.4, 0.5) is 15.4 Å². The lowest BCUT2D eigenvalue weighted by atomic mass is 10.2. The average Bonchev–Trinajstić information content (AvgIpc) is 3.44. The van der Waals surface area contributed by atoms with Crippen LogP contribution < -0.4 is 10.4 Å². The third-order valence-corrected chi connectivity index (χ3v) is 6.00. The maximum Gasteiger partial charge on any atom is 0.435 e. The largest absolute Gasteiger partial charge is 0.443 e. The van der Waals surface area contributed by atoms with Gasteiger partial charge >= 0.3 is 12.2 Å². The number of pyridine rings is 1. The van der Waals surface area contributed by atoms with Crippen LogP contribution in [-0.2, 0) is 16.0 Å². The fourth-order valence-electron chi connectivity index (χ4n) is 3.71. The highest BCUT2D eigenvalue weighted by Crippen LogP contribution is 2.32. The number of rotatable bonds is 4. The van der Waals surface area contributed by atoms with E-state index < -0.39 is 23.4 Å². The Morgan fingerprint density at radius 2 is 1.65 bits per heavy atom. The van der Waals surface area contributed by atoms with Crippen LogP contribution in [-0.4, -0.2) is 32.9 Å². The molecule has 0 radical (unpaired) electrons. The standard InChI is InChI=1S/C28H32N4O4S/c1-27(2,3)35-25(33)30-32(26(34)36-28(4,5)6)24-15-14-21-20(29-24)17-22(23-13-10-16-37-23)31(21)18-19-11-8-7-9-12-19/h7-17H,18H2,1-6H3,(H,30,33). The number of hydrogen-bond acceptors (Lipinski definition) is 6. The maximum absolute atomic E-state index is 13.1. The Morgan fingerprint density at radius 1 is 0.946 bits per heavy atom. The van der Waals surface area contributed by atoms with Crippen molar-refractivity contribution >= 4 is 40.4 Å². The van der Waals surface area contributed by atoms with E-state index in [4.69, 9.17) is 14.5 Å². The van der Waals surface area contributed by atoms with Gasteiger partial charge in [0.05, 0.1) is 21.6 Å². The van der Waals surface area contributed by atoms with Crippen molar-refractivity contribution in [3.63, 3.8) is 0 Å². The van der Waals surface area contributed by atoms with Gasteiger partial charge in [-0.15, -0.1) is 11.3 Å². The third kappa shape index (κ3) is 6.68. The first-order valence-electron chi connectivity index (χ1n) is 12.0. The second kappa shape index (κ2) is 10.3. The summed E-state index contributed by atoms with van der Waals surface area (Å²) < 4.78 is 13.1. The minimum Gasteiger partial charge on any atom is -0.443 e. The van der Waals surface area contributed by atoms with Gasteiger partial charge in [-0.05, 0) is 76.8 Å². The lowest BCUT2D eigenvalue weighted by Crippen LogP contribution is -2.50. The number of amides is 2. The molecule has 0 saturated carbocycles. The van der Waals surface area contributed by atoms with Crippen LogP contribution in [0.5, 0.6) is 0 Å². The summed E-state index contributed by atoms with van der Waals surface area (Å²) in [6.07, 6.45) is -1.56. The van der Waals surface area contributed by atoms with Crippen molar-refractivity contribution in [2.45, 2.75) is 59.3 Å². The van der Waals surface area contributed by atoms with E-state index in [2.05, 4.69) is 28.2 Å². The van der Waals surface area contributed by atoms with Gasteiger partial charge < -0.3 is 14.0 Å². The number of benzene rings is 1. The van der Waals surface area contributed by atoms with Gasteiger partial charge in [0.25, 0.3) is 0 Å². The summed E-state index contributed by atoms with van der Waals surface area (Å²) in [6, 6.07) is 19.8. The lowest BCUT2D eigenvalue weighted by molar-refractivity contribution is 0.0424. The number of nitrogens with zero attached hydrogens (tertiary/aromatic N) is 3. The monoisotopic (exact) mass is 520 g/mol. The number of carbonyl (C=O) groups excluding carboxylic acids is 2. The number of carbonyl (C=O) groups is 2. The highest BCUT2D eigenvalue weighted by Gasteiger charge is 2.28. The first-order valence-corrected chi connectivity index (χ1v) is 12.9. The molecule has 0 aliphatic carbocycles. The summed E-state index contributed by atoms with van der Waals surface area (Å²) in [4.78, 5) is 31.5. The van der Waals surface area contributed by atoms with E-state index in [0.717, 1.165) is 26.7 Å². The Morgan fingerprint density at radius 3 is 2.27 bits per heavy atom. The van der Waals surface area contributed by atoms with Crippen molar-refractivity contribution < 1.29 is 19.1 Å². The van der Waals surface area contributed by atoms with E-state index in [1.54, 1.807) is 58.9 Å². The summed E-state index contributed by atoms with van der Waals surface area (Å²) in [6.45, 7) is 11.2. The fourth-order valence-corrected chi connectivity index (χ4v) is 4.46. The van der Waals surface area contributed by atoms with Crippen molar-refractivity contribution in [1.82, 2.24) is 15.0 Å². The van der Waals surface area contributed by atoms with Gasteiger partial charge in [-0.3, -0.25) is 0 Å². The van der Waals surface area contributed by atoms with Gasteiger partial charge in [-0.1, -0.05) is 36.4 Å². The molecule has 0 unspecified atom stereocenters. The zero-order valence-corrected chi connectivity index (χ0v) is 22.8. The highest BCUT2D eigenvalue weighted by atomic mass is 32.1. The minimum atomic E-state index is -0.791. The normalized spacial score (nSPS) is 11.8.